The monoisotopic (exact) mass is 258 g/mol. The summed E-state index contributed by atoms with van der Waals surface area (Å²) >= 11 is 0. The summed E-state index contributed by atoms with van der Waals surface area (Å²) in [5.74, 6) is 0.966. The molecule has 2 heterocycles. The maximum atomic E-state index is 4.58. The van der Waals surface area contributed by atoms with Gasteiger partial charge in [-0.1, -0.05) is 42.5 Å². The number of rotatable bonds is 1. The van der Waals surface area contributed by atoms with Gasteiger partial charge in [-0.25, -0.2) is 4.98 Å². The predicted octanol–water partition coefficient (Wildman–Crippen LogP) is 4.49. The minimum Gasteiger partial charge on any atom is -0.294 e. The van der Waals surface area contributed by atoms with Crippen molar-refractivity contribution >= 4 is 21.8 Å². The zero-order valence-corrected chi connectivity index (χ0v) is 11.2. The average molecular weight is 258 g/mol. The molecule has 2 heteroatoms. The first kappa shape index (κ1) is 11.2. The number of hydrogen-bond donors (Lipinski definition) is 0. The third kappa shape index (κ3) is 1.55. The average Bonchev–Trinajstić information content (AvgIpc) is 2.83. The highest BCUT2D eigenvalue weighted by Gasteiger charge is 2.11. The van der Waals surface area contributed by atoms with Crippen molar-refractivity contribution in [2.24, 2.45) is 0 Å². The Balaban J connectivity index is 2.17. The van der Waals surface area contributed by atoms with Crippen LogP contribution >= 0.6 is 0 Å². The third-order valence-electron chi connectivity index (χ3n) is 3.70. The van der Waals surface area contributed by atoms with Gasteiger partial charge in [0.15, 0.2) is 0 Å². The first-order valence-corrected chi connectivity index (χ1v) is 6.76. The lowest BCUT2D eigenvalue weighted by molar-refractivity contribution is 1.07. The fourth-order valence-electron chi connectivity index (χ4n) is 2.76. The van der Waals surface area contributed by atoms with Crippen molar-refractivity contribution in [2.45, 2.75) is 6.92 Å². The molecular weight excluding hydrogens is 244 g/mol. The van der Waals surface area contributed by atoms with Gasteiger partial charge in [-0.3, -0.25) is 4.57 Å². The van der Waals surface area contributed by atoms with Crippen molar-refractivity contribution in [3.8, 4) is 5.82 Å². The molecule has 0 aliphatic carbocycles. The molecule has 0 radical (unpaired) electrons. The van der Waals surface area contributed by atoms with Crippen molar-refractivity contribution in [3.05, 3.63) is 72.4 Å². The zero-order valence-electron chi connectivity index (χ0n) is 11.2. The minimum atomic E-state index is 0.966. The van der Waals surface area contributed by atoms with Crippen LogP contribution < -0.4 is 0 Å². The number of benzene rings is 2. The van der Waals surface area contributed by atoms with E-state index in [1.165, 1.54) is 27.4 Å². The Kier molecular flexibility index (Phi) is 2.36. The van der Waals surface area contributed by atoms with Crippen LogP contribution in [0.2, 0.25) is 0 Å². The van der Waals surface area contributed by atoms with E-state index in [9.17, 15) is 0 Å². The van der Waals surface area contributed by atoms with E-state index in [1.54, 1.807) is 0 Å². The van der Waals surface area contributed by atoms with Gasteiger partial charge in [0, 0.05) is 17.0 Å². The van der Waals surface area contributed by atoms with E-state index in [0.29, 0.717) is 0 Å². The molecule has 0 amide bonds. The molecule has 4 aromatic rings. The summed E-state index contributed by atoms with van der Waals surface area (Å²) in [6, 6.07) is 21.1. The summed E-state index contributed by atoms with van der Waals surface area (Å²) in [5, 5.41) is 2.54. The lowest BCUT2D eigenvalue weighted by atomic mass is 10.2. The molecule has 4 rings (SSSR count). The van der Waals surface area contributed by atoms with Gasteiger partial charge in [-0.2, -0.15) is 0 Å². The topological polar surface area (TPSA) is 17.8 Å². The fraction of sp³-hybridized carbons (Fsp3) is 0.0556. The van der Waals surface area contributed by atoms with Gasteiger partial charge < -0.3 is 0 Å². The summed E-state index contributed by atoms with van der Waals surface area (Å²) in [6.07, 6.45) is 1.92. The van der Waals surface area contributed by atoms with Crippen molar-refractivity contribution < 1.29 is 0 Å². The van der Waals surface area contributed by atoms with E-state index < -0.39 is 0 Å². The quantitative estimate of drug-likeness (QED) is 0.492. The van der Waals surface area contributed by atoms with Crippen molar-refractivity contribution in [1.29, 1.82) is 0 Å². The van der Waals surface area contributed by atoms with Gasteiger partial charge in [0.25, 0.3) is 0 Å². The number of pyridine rings is 1. The van der Waals surface area contributed by atoms with Gasteiger partial charge in [-0.15, -0.1) is 0 Å². The molecule has 0 aliphatic heterocycles. The SMILES string of the molecule is Cc1ccc(-n2c3ccccc3c3ccccc32)nc1. The zero-order chi connectivity index (χ0) is 13.5. The van der Waals surface area contributed by atoms with Crippen molar-refractivity contribution in [3.63, 3.8) is 0 Å². The molecule has 0 saturated heterocycles. The summed E-state index contributed by atoms with van der Waals surface area (Å²) in [4.78, 5) is 4.58. The Morgan fingerprint density at radius 2 is 1.35 bits per heavy atom. The van der Waals surface area contributed by atoms with Gasteiger partial charge >= 0.3 is 0 Å². The molecule has 2 aromatic carbocycles. The maximum Gasteiger partial charge on any atom is 0.137 e. The van der Waals surface area contributed by atoms with Gasteiger partial charge in [0.05, 0.1) is 11.0 Å². The summed E-state index contributed by atoms with van der Waals surface area (Å²) in [7, 11) is 0. The summed E-state index contributed by atoms with van der Waals surface area (Å²) in [6.45, 7) is 2.06. The van der Waals surface area contributed by atoms with E-state index in [2.05, 4.69) is 77.1 Å². The molecule has 0 atom stereocenters. The molecule has 0 spiro atoms. The summed E-state index contributed by atoms with van der Waals surface area (Å²) < 4.78 is 2.23. The van der Waals surface area contributed by atoms with Crippen LogP contribution in [0.3, 0.4) is 0 Å². The Labute approximate surface area is 117 Å². The van der Waals surface area contributed by atoms with E-state index in [4.69, 9.17) is 0 Å². The van der Waals surface area contributed by atoms with Crippen LogP contribution in [0, 0.1) is 6.92 Å². The van der Waals surface area contributed by atoms with E-state index in [-0.39, 0.29) is 0 Å². The Morgan fingerprint density at radius 1 is 0.750 bits per heavy atom. The number of nitrogens with zero attached hydrogens (tertiary/aromatic N) is 2. The molecular formula is C18H14N2. The van der Waals surface area contributed by atoms with E-state index >= 15 is 0 Å². The third-order valence-corrected chi connectivity index (χ3v) is 3.70. The number of aryl methyl sites for hydroxylation is 1. The molecule has 0 bridgehead atoms. The summed E-state index contributed by atoms with van der Waals surface area (Å²) in [5.41, 5.74) is 3.57. The molecule has 0 N–H and O–H groups in total. The molecule has 20 heavy (non-hydrogen) atoms. The van der Waals surface area contributed by atoms with Crippen LogP contribution in [0.5, 0.6) is 0 Å². The number of hydrogen-bond acceptors (Lipinski definition) is 1. The molecule has 2 nitrogen and oxygen atoms in total. The van der Waals surface area contributed by atoms with Crippen LogP contribution in [0.1, 0.15) is 5.56 Å². The molecule has 0 saturated carbocycles. The molecule has 0 fully saturated rings. The minimum absolute atomic E-state index is 0.966. The standard InChI is InChI=1S/C18H14N2/c1-13-10-11-18(19-12-13)20-16-8-4-2-6-14(16)15-7-3-5-9-17(15)20/h2-12H,1H3. The maximum absolute atomic E-state index is 4.58. The van der Waals surface area contributed by atoms with Crippen LogP contribution in [0.25, 0.3) is 27.6 Å². The van der Waals surface area contributed by atoms with Crippen LogP contribution in [-0.4, -0.2) is 9.55 Å². The van der Waals surface area contributed by atoms with Crippen LogP contribution in [0.15, 0.2) is 66.9 Å². The first-order chi connectivity index (χ1) is 9.84. The van der Waals surface area contributed by atoms with Gasteiger partial charge in [0.2, 0.25) is 0 Å². The second-order valence-electron chi connectivity index (χ2n) is 5.06. The highest BCUT2D eigenvalue weighted by molar-refractivity contribution is 6.08. The molecule has 2 aromatic heterocycles. The largest absolute Gasteiger partial charge is 0.294 e. The Morgan fingerprint density at radius 3 is 1.90 bits per heavy atom. The van der Waals surface area contributed by atoms with E-state index in [1.807, 2.05) is 6.20 Å². The first-order valence-electron chi connectivity index (χ1n) is 6.76. The Hall–Kier alpha value is -2.61. The van der Waals surface area contributed by atoms with Gasteiger partial charge in [0.1, 0.15) is 5.82 Å². The highest BCUT2D eigenvalue weighted by atomic mass is 15.1. The van der Waals surface area contributed by atoms with Gasteiger partial charge in [-0.05, 0) is 30.7 Å². The Bertz CT molecular complexity index is 848. The molecule has 0 aliphatic rings. The predicted molar refractivity (Wildman–Crippen MR) is 83.3 cm³/mol. The normalized spacial score (nSPS) is 11.2. The van der Waals surface area contributed by atoms with Crippen molar-refractivity contribution in [2.75, 3.05) is 0 Å². The van der Waals surface area contributed by atoms with Crippen LogP contribution in [-0.2, 0) is 0 Å². The highest BCUT2D eigenvalue weighted by Crippen LogP contribution is 2.30. The number of fused-ring (bicyclic) bond motifs is 3. The molecule has 96 valence electrons. The fourth-order valence-corrected chi connectivity index (χ4v) is 2.76. The lowest BCUT2D eigenvalue weighted by Gasteiger charge is -2.06. The smallest absolute Gasteiger partial charge is 0.137 e. The molecule has 0 unspecified atom stereocenters. The number of aromatic nitrogens is 2. The van der Waals surface area contributed by atoms with E-state index in [0.717, 1.165) is 5.82 Å². The van der Waals surface area contributed by atoms with Crippen molar-refractivity contribution in [1.82, 2.24) is 9.55 Å². The lowest BCUT2D eigenvalue weighted by Crippen LogP contribution is -1.96. The second-order valence-corrected chi connectivity index (χ2v) is 5.06. The number of para-hydroxylation sites is 2. The van der Waals surface area contributed by atoms with Crippen LogP contribution in [0.4, 0.5) is 0 Å². The second kappa shape index (κ2) is 4.20.